The summed E-state index contributed by atoms with van der Waals surface area (Å²) in [5.74, 6) is -0.956. The summed E-state index contributed by atoms with van der Waals surface area (Å²) in [6.07, 6.45) is 0.992. The van der Waals surface area contributed by atoms with Crippen molar-refractivity contribution in [2.24, 2.45) is 0 Å². The SMILES string of the molecule is CC[C@H](C)NC(=O)[C@H](CC)N(Cc1ccccc1C)C(=O)CN(c1cccc([N+](=O)[O-])c1)S(=O)(=O)c1ccccc1. The standard InChI is InChI=1S/C30H36N4O6S/c1-5-23(4)31-30(36)28(6-2)32(20-24-14-11-10-13-22(24)3)29(35)21-33(25-15-12-16-26(19-25)34(37)38)41(39,40)27-17-8-7-9-18-27/h7-19,23,28H,5-6,20-21H2,1-4H3,(H,31,36)/t23-,28-/m0/s1. The van der Waals surface area contributed by atoms with Crippen molar-refractivity contribution in [2.75, 3.05) is 10.8 Å². The second-order valence-corrected chi connectivity index (χ2v) is 11.7. The van der Waals surface area contributed by atoms with E-state index in [1.165, 1.54) is 35.2 Å². The Morgan fingerprint density at radius 1 is 0.951 bits per heavy atom. The van der Waals surface area contributed by atoms with Gasteiger partial charge < -0.3 is 10.2 Å². The van der Waals surface area contributed by atoms with Crippen LogP contribution in [-0.2, 0) is 26.2 Å². The van der Waals surface area contributed by atoms with Gasteiger partial charge in [0.2, 0.25) is 11.8 Å². The molecular formula is C30H36N4O6S. The van der Waals surface area contributed by atoms with E-state index < -0.39 is 33.4 Å². The van der Waals surface area contributed by atoms with Gasteiger partial charge in [0, 0.05) is 24.7 Å². The number of sulfonamides is 1. The van der Waals surface area contributed by atoms with E-state index in [0.29, 0.717) is 12.8 Å². The number of non-ortho nitro benzene ring substituents is 1. The monoisotopic (exact) mass is 580 g/mol. The number of aryl methyl sites for hydroxylation is 1. The maximum absolute atomic E-state index is 14.1. The number of rotatable bonds is 13. The fourth-order valence-corrected chi connectivity index (χ4v) is 5.77. The van der Waals surface area contributed by atoms with Gasteiger partial charge in [-0.05, 0) is 56.0 Å². The number of amides is 2. The van der Waals surface area contributed by atoms with Crippen LogP contribution in [0, 0.1) is 17.0 Å². The Balaban J connectivity index is 2.10. The highest BCUT2D eigenvalue weighted by atomic mass is 32.2. The lowest BCUT2D eigenvalue weighted by Crippen LogP contribution is -2.53. The van der Waals surface area contributed by atoms with Crippen LogP contribution in [0.15, 0.2) is 83.8 Å². The molecule has 218 valence electrons. The summed E-state index contributed by atoms with van der Waals surface area (Å²) in [4.78, 5) is 39.6. The van der Waals surface area contributed by atoms with Crippen molar-refractivity contribution in [3.63, 3.8) is 0 Å². The topological polar surface area (TPSA) is 130 Å². The quantitative estimate of drug-likeness (QED) is 0.228. The van der Waals surface area contributed by atoms with E-state index in [4.69, 9.17) is 0 Å². The van der Waals surface area contributed by atoms with E-state index in [9.17, 15) is 28.1 Å². The lowest BCUT2D eigenvalue weighted by molar-refractivity contribution is -0.384. The molecule has 10 nitrogen and oxygen atoms in total. The van der Waals surface area contributed by atoms with Crippen molar-refractivity contribution >= 4 is 33.2 Å². The first-order valence-corrected chi connectivity index (χ1v) is 14.9. The van der Waals surface area contributed by atoms with E-state index in [-0.39, 0.29) is 34.8 Å². The summed E-state index contributed by atoms with van der Waals surface area (Å²) >= 11 is 0. The molecule has 0 spiro atoms. The smallest absolute Gasteiger partial charge is 0.271 e. The number of nitro benzene ring substituents is 1. The molecule has 11 heteroatoms. The molecule has 0 saturated carbocycles. The number of carbonyl (C=O) groups is 2. The molecule has 1 N–H and O–H groups in total. The van der Waals surface area contributed by atoms with Crippen molar-refractivity contribution in [1.82, 2.24) is 10.2 Å². The summed E-state index contributed by atoms with van der Waals surface area (Å²) in [6, 6.07) is 19.1. The van der Waals surface area contributed by atoms with Gasteiger partial charge in [-0.3, -0.25) is 24.0 Å². The molecule has 3 aromatic carbocycles. The zero-order valence-corrected chi connectivity index (χ0v) is 24.5. The molecule has 0 saturated heterocycles. The fraction of sp³-hybridized carbons (Fsp3) is 0.333. The summed E-state index contributed by atoms with van der Waals surface area (Å²) < 4.78 is 28.6. The largest absolute Gasteiger partial charge is 0.352 e. The first-order chi connectivity index (χ1) is 19.5. The van der Waals surface area contributed by atoms with Gasteiger partial charge in [0.25, 0.3) is 15.7 Å². The van der Waals surface area contributed by atoms with Crippen molar-refractivity contribution in [1.29, 1.82) is 0 Å². The number of nitrogens with one attached hydrogen (secondary N) is 1. The number of anilines is 1. The minimum atomic E-state index is -4.32. The summed E-state index contributed by atoms with van der Waals surface area (Å²) in [6.45, 7) is 6.90. The van der Waals surface area contributed by atoms with Gasteiger partial charge in [-0.15, -0.1) is 0 Å². The molecule has 0 unspecified atom stereocenters. The highest BCUT2D eigenvalue weighted by Crippen LogP contribution is 2.28. The molecule has 0 heterocycles. The van der Waals surface area contributed by atoms with Crippen LogP contribution in [-0.4, -0.2) is 48.7 Å². The van der Waals surface area contributed by atoms with Crippen LogP contribution in [0.5, 0.6) is 0 Å². The third kappa shape index (κ3) is 7.69. The molecule has 0 aromatic heterocycles. The average molecular weight is 581 g/mol. The predicted molar refractivity (Wildman–Crippen MR) is 158 cm³/mol. The lowest BCUT2D eigenvalue weighted by Gasteiger charge is -2.34. The van der Waals surface area contributed by atoms with E-state index in [1.54, 1.807) is 25.1 Å². The Kier molecular flexibility index (Phi) is 10.6. The number of nitrogens with zero attached hydrogens (tertiary/aromatic N) is 3. The fourth-order valence-electron chi connectivity index (χ4n) is 4.34. The van der Waals surface area contributed by atoms with Crippen LogP contribution in [0.2, 0.25) is 0 Å². The minimum absolute atomic E-state index is 0.0376. The van der Waals surface area contributed by atoms with E-state index >= 15 is 0 Å². The maximum Gasteiger partial charge on any atom is 0.271 e. The molecule has 3 aromatic rings. The molecule has 0 fully saturated rings. The Morgan fingerprint density at radius 2 is 1.61 bits per heavy atom. The first-order valence-electron chi connectivity index (χ1n) is 13.5. The van der Waals surface area contributed by atoms with Crippen molar-refractivity contribution in [3.05, 3.63) is 100 Å². The second-order valence-electron chi connectivity index (χ2n) is 9.79. The van der Waals surface area contributed by atoms with Gasteiger partial charge in [0.1, 0.15) is 12.6 Å². The van der Waals surface area contributed by atoms with Gasteiger partial charge in [0.05, 0.1) is 15.5 Å². The minimum Gasteiger partial charge on any atom is -0.352 e. The van der Waals surface area contributed by atoms with Crippen LogP contribution < -0.4 is 9.62 Å². The zero-order chi connectivity index (χ0) is 30.2. The Bertz CT molecular complexity index is 1480. The molecule has 3 rings (SSSR count). The molecule has 0 aliphatic carbocycles. The van der Waals surface area contributed by atoms with Crippen molar-refractivity contribution < 1.29 is 22.9 Å². The van der Waals surface area contributed by atoms with Gasteiger partial charge in [-0.1, -0.05) is 62.4 Å². The third-order valence-corrected chi connectivity index (χ3v) is 8.72. The average Bonchev–Trinajstić information content (AvgIpc) is 2.96. The van der Waals surface area contributed by atoms with Crippen molar-refractivity contribution in [2.45, 2.75) is 64.1 Å². The van der Waals surface area contributed by atoms with Crippen LogP contribution >= 0.6 is 0 Å². The van der Waals surface area contributed by atoms with Gasteiger partial charge in [-0.25, -0.2) is 8.42 Å². The Labute approximate surface area is 241 Å². The molecule has 2 amide bonds. The molecular weight excluding hydrogens is 544 g/mol. The van der Waals surface area contributed by atoms with Crippen LogP contribution in [0.25, 0.3) is 0 Å². The maximum atomic E-state index is 14.1. The van der Waals surface area contributed by atoms with Crippen LogP contribution in [0.1, 0.15) is 44.7 Å². The molecule has 0 aliphatic heterocycles. The van der Waals surface area contributed by atoms with E-state index in [0.717, 1.165) is 21.5 Å². The highest BCUT2D eigenvalue weighted by Gasteiger charge is 2.34. The second kappa shape index (κ2) is 13.9. The Morgan fingerprint density at radius 3 is 2.22 bits per heavy atom. The molecule has 0 radical (unpaired) electrons. The highest BCUT2D eigenvalue weighted by molar-refractivity contribution is 7.92. The number of hydrogen-bond donors (Lipinski definition) is 1. The molecule has 0 aliphatic rings. The number of nitro groups is 1. The predicted octanol–water partition coefficient (Wildman–Crippen LogP) is 4.82. The summed E-state index contributed by atoms with van der Waals surface area (Å²) in [5.41, 5.74) is 1.36. The van der Waals surface area contributed by atoms with Gasteiger partial charge >= 0.3 is 0 Å². The first kappa shape index (κ1) is 31.3. The summed E-state index contributed by atoms with van der Waals surface area (Å²) in [7, 11) is -4.32. The van der Waals surface area contributed by atoms with Crippen LogP contribution in [0.4, 0.5) is 11.4 Å². The molecule has 0 bridgehead atoms. The summed E-state index contributed by atoms with van der Waals surface area (Å²) in [5, 5.41) is 14.4. The Hall–Kier alpha value is -4.25. The van der Waals surface area contributed by atoms with Gasteiger partial charge in [0.15, 0.2) is 0 Å². The van der Waals surface area contributed by atoms with E-state index in [2.05, 4.69) is 5.32 Å². The number of carbonyl (C=O) groups excluding carboxylic acids is 2. The molecule has 41 heavy (non-hydrogen) atoms. The third-order valence-electron chi connectivity index (χ3n) is 6.93. The van der Waals surface area contributed by atoms with Crippen LogP contribution in [0.3, 0.4) is 0 Å². The lowest BCUT2D eigenvalue weighted by atomic mass is 10.1. The van der Waals surface area contributed by atoms with Gasteiger partial charge in [-0.2, -0.15) is 0 Å². The number of benzene rings is 3. The number of hydrogen-bond acceptors (Lipinski definition) is 6. The zero-order valence-electron chi connectivity index (χ0n) is 23.7. The molecule has 2 atom stereocenters. The van der Waals surface area contributed by atoms with Crippen molar-refractivity contribution in [3.8, 4) is 0 Å². The van der Waals surface area contributed by atoms with E-state index in [1.807, 2.05) is 45.0 Å². The normalized spacial score (nSPS) is 12.7.